The Morgan fingerprint density at radius 1 is 1.29 bits per heavy atom. The van der Waals surface area contributed by atoms with E-state index in [0.29, 0.717) is 11.3 Å². The molecule has 0 radical (unpaired) electrons. The monoisotopic (exact) mass is 245 g/mol. The van der Waals surface area contributed by atoms with E-state index in [1.54, 1.807) is 0 Å². The molecule has 0 aromatic carbocycles. The highest BCUT2D eigenvalue weighted by atomic mass is 19.4. The summed E-state index contributed by atoms with van der Waals surface area (Å²) >= 11 is 0. The first kappa shape index (κ1) is 11.1. The second-order valence-corrected chi connectivity index (χ2v) is 5.92. The van der Waals surface area contributed by atoms with Crippen LogP contribution in [-0.2, 0) is 11.6 Å². The van der Waals surface area contributed by atoms with E-state index in [2.05, 4.69) is 9.68 Å². The third-order valence-electron chi connectivity index (χ3n) is 5.08. The van der Waals surface area contributed by atoms with E-state index >= 15 is 0 Å². The van der Waals surface area contributed by atoms with Crippen LogP contribution in [0.3, 0.4) is 0 Å². The summed E-state index contributed by atoms with van der Waals surface area (Å²) in [5.74, 6) is -0.959. The predicted octanol–water partition coefficient (Wildman–Crippen LogP) is 3.87. The molecule has 3 rings (SSSR count). The maximum atomic E-state index is 12.8. The summed E-state index contributed by atoms with van der Waals surface area (Å²) in [7, 11) is 0. The zero-order valence-electron chi connectivity index (χ0n) is 9.98. The van der Waals surface area contributed by atoms with Gasteiger partial charge in [-0.05, 0) is 24.2 Å². The fourth-order valence-electron chi connectivity index (χ4n) is 3.65. The highest BCUT2D eigenvalue weighted by Crippen LogP contribution is 2.68. The number of alkyl halides is 3. The Labute approximate surface area is 97.2 Å². The van der Waals surface area contributed by atoms with Gasteiger partial charge in [-0.1, -0.05) is 25.9 Å². The Balaban J connectivity index is 2.24. The zero-order valence-corrected chi connectivity index (χ0v) is 9.98. The third-order valence-corrected chi connectivity index (χ3v) is 5.08. The van der Waals surface area contributed by atoms with E-state index in [1.165, 1.54) is 0 Å². The lowest BCUT2D eigenvalue weighted by Crippen LogP contribution is -2.31. The average molecular weight is 245 g/mol. The normalized spacial score (nSPS) is 34.1. The van der Waals surface area contributed by atoms with Crippen LogP contribution in [0.5, 0.6) is 0 Å². The van der Waals surface area contributed by atoms with Crippen LogP contribution in [0.4, 0.5) is 13.2 Å². The van der Waals surface area contributed by atoms with Crippen molar-refractivity contribution in [2.24, 2.45) is 5.41 Å². The summed E-state index contributed by atoms with van der Waals surface area (Å²) in [6.07, 6.45) is -2.75. The van der Waals surface area contributed by atoms with Gasteiger partial charge in [0.2, 0.25) is 5.76 Å². The standard InChI is InChI=1S/C12H14F3NO/c1-10(2)6-4-5-11(10,3)8-7(6)9(17-16-8)12(13,14)15/h6H,4-5H2,1-3H3/t6-,11-/m0/s1. The number of hydrogen-bond donors (Lipinski definition) is 0. The first-order valence-electron chi connectivity index (χ1n) is 5.77. The van der Waals surface area contributed by atoms with Gasteiger partial charge >= 0.3 is 6.18 Å². The van der Waals surface area contributed by atoms with Gasteiger partial charge in [0.25, 0.3) is 0 Å². The molecule has 94 valence electrons. The maximum absolute atomic E-state index is 12.8. The molecule has 0 unspecified atom stereocenters. The molecule has 0 amide bonds. The second-order valence-electron chi connectivity index (χ2n) is 5.92. The Hall–Kier alpha value is -1.00. The number of nitrogens with zero attached hydrogens (tertiary/aromatic N) is 1. The summed E-state index contributed by atoms with van der Waals surface area (Å²) in [4.78, 5) is 0. The number of rotatable bonds is 0. The van der Waals surface area contributed by atoms with Gasteiger partial charge in [0.1, 0.15) is 0 Å². The van der Waals surface area contributed by atoms with Crippen LogP contribution in [0.15, 0.2) is 4.52 Å². The van der Waals surface area contributed by atoms with Crippen LogP contribution < -0.4 is 0 Å². The van der Waals surface area contributed by atoms with Gasteiger partial charge in [-0.15, -0.1) is 0 Å². The van der Waals surface area contributed by atoms with Crippen molar-refractivity contribution in [3.63, 3.8) is 0 Å². The minimum Gasteiger partial charge on any atom is -0.351 e. The molecule has 2 nitrogen and oxygen atoms in total. The van der Waals surface area contributed by atoms with E-state index in [4.69, 9.17) is 0 Å². The lowest BCUT2D eigenvalue weighted by atomic mass is 9.70. The molecule has 2 aliphatic carbocycles. The molecule has 17 heavy (non-hydrogen) atoms. The Morgan fingerprint density at radius 3 is 2.53 bits per heavy atom. The van der Waals surface area contributed by atoms with Crippen LogP contribution in [-0.4, -0.2) is 5.16 Å². The smallest absolute Gasteiger partial charge is 0.351 e. The molecule has 1 saturated carbocycles. The van der Waals surface area contributed by atoms with Crippen molar-refractivity contribution in [2.45, 2.75) is 51.1 Å². The fraction of sp³-hybridized carbons (Fsp3) is 0.750. The highest BCUT2D eigenvalue weighted by molar-refractivity contribution is 5.47. The van der Waals surface area contributed by atoms with Crippen molar-refractivity contribution in [1.82, 2.24) is 5.16 Å². The Morgan fingerprint density at radius 2 is 1.94 bits per heavy atom. The topological polar surface area (TPSA) is 26.0 Å². The van der Waals surface area contributed by atoms with Crippen molar-refractivity contribution in [3.8, 4) is 0 Å². The fourth-order valence-corrected chi connectivity index (χ4v) is 3.65. The van der Waals surface area contributed by atoms with Crippen molar-refractivity contribution in [1.29, 1.82) is 0 Å². The molecule has 1 aromatic heterocycles. The molecule has 0 saturated heterocycles. The third kappa shape index (κ3) is 1.06. The lowest BCUT2D eigenvalue weighted by molar-refractivity contribution is -0.156. The summed E-state index contributed by atoms with van der Waals surface area (Å²) in [5, 5.41) is 3.72. The van der Waals surface area contributed by atoms with E-state index < -0.39 is 11.9 Å². The van der Waals surface area contributed by atoms with E-state index in [-0.39, 0.29) is 16.7 Å². The van der Waals surface area contributed by atoms with Gasteiger partial charge in [-0.2, -0.15) is 13.2 Å². The van der Waals surface area contributed by atoms with Crippen LogP contribution in [0.25, 0.3) is 0 Å². The molecule has 0 aliphatic heterocycles. The van der Waals surface area contributed by atoms with E-state index in [9.17, 15) is 13.2 Å². The van der Waals surface area contributed by atoms with Gasteiger partial charge in [-0.25, -0.2) is 0 Å². The van der Waals surface area contributed by atoms with Crippen LogP contribution in [0, 0.1) is 5.41 Å². The molecule has 0 N–H and O–H groups in total. The molecule has 2 bridgehead atoms. The van der Waals surface area contributed by atoms with Crippen molar-refractivity contribution >= 4 is 0 Å². The summed E-state index contributed by atoms with van der Waals surface area (Å²) < 4.78 is 43.1. The molecule has 1 aromatic rings. The van der Waals surface area contributed by atoms with Gasteiger partial charge in [0, 0.05) is 11.0 Å². The first-order valence-corrected chi connectivity index (χ1v) is 5.77. The van der Waals surface area contributed by atoms with Crippen molar-refractivity contribution < 1.29 is 17.7 Å². The quantitative estimate of drug-likeness (QED) is 0.693. The van der Waals surface area contributed by atoms with Crippen LogP contribution in [0.1, 0.15) is 56.5 Å². The number of fused-ring (bicyclic) bond motifs is 5. The first-order chi connectivity index (χ1) is 7.69. The van der Waals surface area contributed by atoms with Crippen molar-refractivity contribution in [3.05, 3.63) is 17.0 Å². The average Bonchev–Trinajstić information content (AvgIpc) is 2.73. The molecule has 2 aliphatic rings. The molecular formula is C12H14F3NO. The molecule has 1 fully saturated rings. The summed E-state index contributed by atoms with van der Waals surface area (Å²) in [5.41, 5.74) is 0.406. The molecular weight excluding hydrogens is 231 g/mol. The minimum absolute atomic E-state index is 0.0784. The minimum atomic E-state index is -4.43. The molecule has 0 spiro atoms. The summed E-state index contributed by atoms with van der Waals surface area (Å²) in [6.45, 7) is 6.07. The second kappa shape index (κ2) is 2.70. The van der Waals surface area contributed by atoms with Gasteiger partial charge in [-0.3, -0.25) is 0 Å². The molecule has 2 atom stereocenters. The molecule has 1 heterocycles. The van der Waals surface area contributed by atoms with Gasteiger partial charge in [0.05, 0.1) is 5.69 Å². The van der Waals surface area contributed by atoms with Gasteiger partial charge in [0.15, 0.2) is 0 Å². The lowest BCUT2D eigenvalue weighted by Gasteiger charge is -2.33. The van der Waals surface area contributed by atoms with E-state index in [0.717, 1.165) is 12.8 Å². The summed E-state index contributed by atoms with van der Waals surface area (Å²) in [6, 6.07) is 0. The largest absolute Gasteiger partial charge is 0.452 e. The number of hydrogen-bond acceptors (Lipinski definition) is 2. The van der Waals surface area contributed by atoms with Crippen LogP contribution >= 0.6 is 0 Å². The number of halogens is 3. The SMILES string of the molecule is CC1(C)[C@H]2CC[C@@]1(C)c1noc(C(F)(F)F)c12. The van der Waals surface area contributed by atoms with E-state index in [1.807, 2.05) is 20.8 Å². The zero-order chi connectivity index (χ0) is 12.6. The van der Waals surface area contributed by atoms with Gasteiger partial charge < -0.3 is 4.52 Å². The van der Waals surface area contributed by atoms with Crippen molar-refractivity contribution in [2.75, 3.05) is 0 Å². The highest BCUT2D eigenvalue weighted by Gasteiger charge is 2.64. The Bertz CT molecular complexity index is 488. The molecule has 5 heteroatoms. The van der Waals surface area contributed by atoms with Crippen LogP contribution in [0.2, 0.25) is 0 Å². The Kier molecular flexibility index (Phi) is 1.76. The number of aromatic nitrogens is 1. The maximum Gasteiger partial charge on any atom is 0.452 e. The predicted molar refractivity (Wildman–Crippen MR) is 54.6 cm³/mol.